The second-order valence-corrected chi connectivity index (χ2v) is 5.59. The third kappa shape index (κ3) is 3.22. The molecule has 0 aliphatic heterocycles. The minimum atomic E-state index is -1.34. The summed E-state index contributed by atoms with van der Waals surface area (Å²) in [5.74, 6) is -1.58. The Labute approximate surface area is 122 Å². The summed E-state index contributed by atoms with van der Waals surface area (Å²) < 4.78 is 0. The molecule has 0 unspecified atom stereocenters. The number of carboxylic acids is 1. The Bertz CT molecular complexity index is 676. The number of nitrogens with one attached hydrogen (secondary N) is 2. The first-order chi connectivity index (χ1) is 9.81. The van der Waals surface area contributed by atoms with Gasteiger partial charge in [0.1, 0.15) is 5.54 Å². The van der Waals surface area contributed by atoms with Gasteiger partial charge in [-0.25, -0.2) is 4.79 Å². The van der Waals surface area contributed by atoms with Crippen molar-refractivity contribution in [1.82, 2.24) is 10.3 Å². The van der Waals surface area contributed by atoms with Gasteiger partial charge in [0.25, 0.3) is 0 Å². The fourth-order valence-corrected chi connectivity index (χ4v) is 2.08. The molecule has 0 aliphatic rings. The molecule has 2 rings (SSSR count). The third-order valence-corrected chi connectivity index (χ3v) is 3.42. The fraction of sp³-hybridized carbons (Fsp3) is 0.333. The van der Waals surface area contributed by atoms with Gasteiger partial charge >= 0.3 is 5.97 Å². The molecule has 0 spiro atoms. The van der Waals surface area contributed by atoms with E-state index in [4.69, 9.17) is 10.8 Å². The monoisotopic (exact) mass is 289 g/mol. The van der Waals surface area contributed by atoms with Crippen molar-refractivity contribution in [3.63, 3.8) is 0 Å². The number of nitrogens with two attached hydrogens (primary N) is 1. The molecule has 21 heavy (non-hydrogen) atoms. The molecule has 5 N–H and O–H groups in total. The first kappa shape index (κ1) is 15.1. The Morgan fingerprint density at radius 3 is 2.71 bits per heavy atom. The second kappa shape index (κ2) is 5.57. The Morgan fingerprint density at radius 2 is 2.05 bits per heavy atom. The number of aromatic amines is 1. The maximum Gasteiger partial charge on any atom is 0.328 e. The topological polar surface area (TPSA) is 108 Å². The second-order valence-electron chi connectivity index (χ2n) is 5.59. The summed E-state index contributed by atoms with van der Waals surface area (Å²) in [5.41, 5.74) is 6.46. The normalized spacial score (nSPS) is 13.1. The van der Waals surface area contributed by atoms with Crippen molar-refractivity contribution in [3.05, 3.63) is 36.0 Å². The van der Waals surface area contributed by atoms with Crippen LogP contribution in [0, 0.1) is 0 Å². The highest BCUT2D eigenvalue weighted by Gasteiger charge is 2.30. The zero-order valence-corrected chi connectivity index (χ0v) is 12.0. The molecule has 6 heteroatoms. The van der Waals surface area contributed by atoms with Gasteiger partial charge in [-0.3, -0.25) is 4.79 Å². The Morgan fingerprint density at radius 1 is 1.38 bits per heavy atom. The summed E-state index contributed by atoms with van der Waals surface area (Å²) >= 11 is 0. The van der Waals surface area contributed by atoms with Gasteiger partial charge in [0.15, 0.2) is 0 Å². The molecule has 0 fully saturated rings. The van der Waals surface area contributed by atoms with Gasteiger partial charge in [-0.1, -0.05) is 18.2 Å². The summed E-state index contributed by atoms with van der Waals surface area (Å²) in [7, 11) is 0. The van der Waals surface area contributed by atoms with Crippen LogP contribution in [0.4, 0.5) is 0 Å². The average molecular weight is 289 g/mol. The van der Waals surface area contributed by atoms with Gasteiger partial charge in [0, 0.05) is 17.1 Å². The first-order valence-electron chi connectivity index (χ1n) is 6.67. The van der Waals surface area contributed by atoms with Crippen LogP contribution < -0.4 is 11.1 Å². The molecule has 112 valence electrons. The molecule has 0 radical (unpaired) electrons. The number of carbonyl (C=O) groups excluding carboxylic acids is 1. The van der Waals surface area contributed by atoms with E-state index in [2.05, 4.69) is 10.3 Å². The van der Waals surface area contributed by atoms with Crippen LogP contribution in [0.15, 0.2) is 30.5 Å². The van der Waals surface area contributed by atoms with E-state index < -0.39 is 23.5 Å². The molecule has 2 aromatic rings. The molecular formula is C15H19N3O3. The van der Waals surface area contributed by atoms with Crippen LogP contribution in [0.2, 0.25) is 0 Å². The van der Waals surface area contributed by atoms with E-state index in [0.29, 0.717) is 6.42 Å². The number of para-hydroxylation sites is 1. The summed E-state index contributed by atoms with van der Waals surface area (Å²) in [6, 6.07) is 6.93. The van der Waals surface area contributed by atoms with Crippen LogP contribution in [-0.4, -0.2) is 33.5 Å². The number of hydrogen-bond acceptors (Lipinski definition) is 3. The molecule has 0 saturated carbocycles. The van der Waals surface area contributed by atoms with Crippen LogP contribution in [-0.2, 0) is 16.0 Å². The van der Waals surface area contributed by atoms with Crippen LogP contribution in [0.5, 0.6) is 0 Å². The van der Waals surface area contributed by atoms with Crippen molar-refractivity contribution in [1.29, 1.82) is 0 Å². The number of carboxylic acid groups (broad SMARTS) is 1. The SMILES string of the molecule is CC(C)(NC(=O)[C@@H](N)Cc1c[nH]c2ccccc12)C(=O)O. The van der Waals surface area contributed by atoms with Crippen molar-refractivity contribution < 1.29 is 14.7 Å². The lowest BCUT2D eigenvalue weighted by atomic mass is 10.0. The van der Waals surface area contributed by atoms with E-state index in [9.17, 15) is 9.59 Å². The summed E-state index contributed by atoms with van der Waals surface area (Å²) in [6.45, 7) is 2.84. The fourth-order valence-electron chi connectivity index (χ4n) is 2.08. The number of aromatic nitrogens is 1. The van der Waals surface area contributed by atoms with Crippen LogP contribution in [0.3, 0.4) is 0 Å². The van der Waals surface area contributed by atoms with Crippen LogP contribution in [0.25, 0.3) is 10.9 Å². The molecule has 0 saturated heterocycles. The molecule has 1 aromatic carbocycles. The van der Waals surface area contributed by atoms with Crippen molar-refractivity contribution in [2.24, 2.45) is 5.73 Å². The highest BCUT2D eigenvalue weighted by Crippen LogP contribution is 2.18. The van der Waals surface area contributed by atoms with E-state index in [0.717, 1.165) is 16.5 Å². The lowest BCUT2D eigenvalue weighted by Crippen LogP contribution is -2.55. The largest absolute Gasteiger partial charge is 0.480 e. The number of aliphatic carboxylic acids is 1. The highest BCUT2D eigenvalue weighted by atomic mass is 16.4. The van der Waals surface area contributed by atoms with E-state index >= 15 is 0 Å². The Hall–Kier alpha value is -2.34. The maximum absolute atomic E-state index is 12.0. The maximum atomic E-state index is 12.0. The van der Waals surface area contributed by atoms with E-state index in [1.54, 1.807) is 0 Å². The number of amides is 1. The predicted molar refractivity (Wildman–Crippen MR) is 79.8 cm³/mol. The van der Waals surface area contributed by atoms with Crippen molar-refractivity contribution in [2.45, 2.75) is 31.8 Å². The molecule has 1 atom stereocenters. The summed E-state index contributed by atoms with van der Waals surface area (Å²) in [4.78, 5) is 26.1. The van der Waals surface area contributed by atoms with Gasteiger partial charge in [0.05, 0.1) is 6.04 Å². The number of hydrogen-bond donors (Lipinski definition) is 4. The van der Waals surface area contributed by atoms with Gasteiger partial charge in [-0.15, -0.1) is 0 Å². The standard InChI is InChI=1S/C15H19N3O3/c1-15(2,14(20)21)18-13(19)11(16)7-9-8-17-12-6-4-3-5-10(9)12/h3-6,8,11,17H,7,16H2,1-2H3,(H,18,19)(H,20,21)/t11-/m0/s1. The average Bonchev–Trinajstić information content (AvgIpc) is 2.81. The quantitative estimate of drug-likeness (QED) is 0.659. The number of carbonyl (C=O) groups is 2. The minimum absolute atomic E-state index is 0.339. The van der Waals surface area contributed by atoms with Crippen molar-refractivity contribution >= 4 is 22.8 Å². The number of benzene rings is 1. The molecule has 0 bridgehead atoms. The summed E-state index contributed by atoms with van der Waals surface area (Å²) in [6.07, 6.45) is 2.16. The van der Waals surface area contributed by atoms with E-state index in [1.807, 2.05) is 30.5 Å². The van der Waals surface area contributed by atoms with Gasteiger partial charge in [-0.05, 0) is 31.9 Å². The van der Waals surface area contributed by atoms with Gasteiger partial charge < -0.3 is 21.1 Å². The molecule has 1 amide bonds. The zero-order valence-electron chi connectivity index (χ0n) is 12.0. The smallest absolute Gasteiger partial charge is 0.328 e. The predicted octanol–water partition coefficient (Wildman–Crippen LogP) is 1.02. The van der Waals surface area contributed by atoms with E-state index in [-0.39, 0.29) is 0 Å². The first-order valence-corrected chi connectivity index (χ1v) is 6.67. The lowest BCUT2D eigenvalue weighted by Gasteiger charge is -2.23. The Kier molecular flexibility index (Phi) is 3.99. The van der Waals surface area contributed by atoms with Crippen molar-refractivity contribution in [2.75, 3.05) is 0 Å². The number of fused-ring (bicyclic) bond motifs is 1. The molecular weight excluding hydrogens is 270 g/mol. The zero-order chi connectivity index (χ0) is 15.6. The number of rotatable bonds is 5. The lowest BCUT2D eigenvalue weighted by molar-refractivity contribution is -0.146. The number of H-pyrrole nitrogens is 1. The van der Waals surface area contributed by atoms with Gasteiger partial charge in [0.2, 0.25) is 5.91 Å². The molecule has 0 aliphatic carbocycles. The van der Waals surface area contributed by atoms with Crippen LogP contribution >= 0.6 is 0 Å². The molecule has 6 nitrogen and oxygen atoms in total. The Balaban J connectivity index is 2.09. The van der Waals surface area contributed by atoms with E-state index in [1.165, 1.54) is 13.8 Å². The minimum Gasteiger partial charge on any atom is -0.480 e. The van der Waals surface area contributed by atoms with Crippen molar-refractivity contribution in [3.8, 4) is 0 Å². The summed E-state index contributed by atoms with van der Waals surface area (Å²) in [5, 5.41) is 12.5. The highest BCUT2D eigenvalue weighted by molar-refractivity contribution is 5.90. The molecule has 1 heterocycles. The van der Waals surface area contributed by atoms with Gasteiger partial charge in [-0.2, -0.15) is 0 Å². The molecule has 1 aromatic heterocycles. The van der Waals surface area contributed by atoms with Crippen LogP contribution in [0.1, 0.15) is 19.4 Å². The third-order valence-electron chi connectivity index (χ3n) is 3.42.